The van der Waals surface area contributed by atoms with Crippen molar-refractivity contribution in [2.24, 2.45) is 0 Å². The zero-order valence-electron chi connectivity index (χ0n) is 11.8. The Morgan fingerprint density at radius 1 is 1.05 bits per heavy atom. The predicted molar refractivity (Wildman–Crippen MR) is 85.3 cm³/mol. The van der Waals surface area contributed by atoms with Crippen LogP contribution in [-0.2, 0) is 11.2 Å². The van der Waals surface area contributed by atoms with Gasteiger partial charge in [0.05, 0.1) is 17.6 Å². The van der Waals surface area contributed by atoms with Gasteiger partial charge < -0.3 is 5.32 Å². The third-order valence-electron chi connectivity index (χ3n) is 3.53. The number of fused-ring (bicyclic) bond motifs is 1. The van der Waals surface area contributed by atoms with Gasteiger partial charge in [0.2, 0.25) is 5.91 Å². The molecule has 0 saturated carbocycles. The molecule has 3 heteroatoms. The molecule has 1 N–H and O–H groups in total. The summed E-state index contributed by atoms with van der Waals surface area (Å²) >= 11 is 0. The number of hydrogen-bond donors (Lipinski definition) is 1. The fourth-order valence-corrected chi connectivity index (χ4v) is 2.39. The highest BCUT2D eigenvalue weighted by molar-refractivity contribution is 6.01. The summed E-state index contributed by atoms with van der Waals surface area (Å²) in [4.78, 5) is 16.5. The molecule has 0 atom stereocenters. The minimum atomic E-state index is -0.0133. The Balaban J connectivity index is 1.82. The van der Waals surface area contributed by atoms with Crippen LogP contribution in [0.15, 0.2) is 60.8 Å². The van der Waals surface area contributed by atoms with E-state index in [9.17, 15) is 4.79 Å². The van der Waals surface area contributed by atoms with Gasteiger partial charge in [-0.05, 0) is 42.3 Å². The monoisotopic (exact) mass is 276 g/mol. The number of aromatic nitrogens is 1. The van der Waals surface area contributed by atoms with Crippen LogP contribution in [0.3, 0.4) is 0 Å². The van der Waals surface area contributed by atoms with Crippen molar-refractivity contribution in [3.05, 3.63) is 71.9 Å². The van der Waals surface area contributed by atoms with Crippen LogP contribution < -0.4 is 5.32 Å². The lowest BCUT2D eigenvalue weighted by Gasteiger charge is -2.09. The van der Waals surface area contributed by atoms with Gasteiger partial charge in [-0.15, -0.1) is 0 Å². The number of carbonyl (C=O) groups is 1. The first-order valence-electron chi connectivity index (χ1n) is 6.92. The average molecular weight is 276 g/mol. The van der Waals surface area contributed by atoms with Crippen LogP contribution in [-0.4, -0.2) is 10.9 Å². The summed E-state index contributed by atoms with van der Waals surface area (Å²) in [6, 6.07) is 17.5. The molecule has 1 amide bonds. The fourth-order valence-electron chi connectivity index (χ4n) is 2.39. The number of hydrogen-bond acceptors (Lipinski definition) is 2. The van der Waals surface area contributed by atoms with Crippen LogP contribution in [0.5, 0.6) is 0 Å². The maximum absolute atomic E-state index is 12.2. The van der Waals surface area contributed by atoms with Crippen molar-refractivity contribution in [3.63, 3.8) is 0 Å². The number of benzene rings is 2. The molecule has 0 aliphatic carbocycles. The third kappa shape index (κ3) is 2.92. The highest BCUT2D eigenvalue weighted by Crippen LogP contribution is 2.21. The Bertz CT molecular complexity index is 791. The van der Waals surface area contributed by atoms with Gasteiger partial charge >= 0.3 is 0 Å². The first-order chi connectivity index (χ1) is 10.2. The van der Waals surface area contributed by atoms with Gasteiger partial charge in [0.25, 0.3) is 0 Å². The van der Waals surface area contributed by atoms with E-state index in [-0.39, 0.29) is 5.91 Å². The van der Waals surface area contributed by atoms with E-state index in [0.717, 1.165) is 27.7 Å². The normalized spacial score (nSPS) is 10.5. The van der Waals surface area contributed by atoms with E-state index >= 15 is 0 Å². The van der Waals surface area contributed by atoms with Crippen molar-refractivity contribution >= 4 is 22.5 Å². The van der Waals surface area contributed by atoms with Gasteiger partial charge in [-0.2, -0.15) is 0 Å². The molecule has 3 rings (SSSR count). The zero-order valence-corrected chi connectivity index (χ0v) is 11.8. The summed E-state index contributed by atoms with van der Waals surface area (Å²) in [5.74, 6) is -0.0133. The van der Waals surface area contributed by atoms with Crippen LogP contribution in [0, 0.1) is 6.92 Å². The van der Waals surface area contributed by atoms with Crippen LogP contribution in [0.4, 0.5) is 5.69 Å². The highest BCUT2D eigenvalue weighted by atomic mass is 16.1. The summed E-state index contributed by atoms with van der Waals surface area (Å²) in [5.41, 5.74) is 3.87. The highest BCUT2D eigenvalue weighted by Gasteiger charge is 2.08. The Labute approximate surface area is 123 Å². The van der Waals surface area contributed by atoms with Crippen LogP contribution >= 0.6 is 0 Å². The molecule has 3 aromatic rings. The van der Waals surface area contributed by atoms with E-state index in [0.29, 0.717) is 6.42 Å². The Morgan fingerprint density at radius 2 is 1.90 bits per heavy atom. The maximum atomic E-state index is 12.2. The van der Waals surface area contributed by atoms with Crippen LogP contribution in [0.1, 0.15) is 11.1 Å². The number of rotatable bonds is 3. The number of pyridine rings is 1. The van der Waals surface area contributed by atoms with Gasteiger partial charge in [-0.25, -0.2) is 0 Å². The molecule has 0 fully saturated rings. The number of aryl methyl sites for hydroxylation is 1. The van der Waals surface area contributed by atoms with Crippen molar-refractivity contribution in [2.45, 2.75) is 13.3 Å². The smallest absolute Gasteiger partial charge is 0.228 e. The maximum Gasteiger partial charge on any atom is 0.228 e. The lowest BCUT2D eigenvalue weighted by Crippen LogP contribution is -2.15. The molecule has 0 aliphatic heterocycles. The van der Waals surface area contributed by atoms with Gasteiger partial charge in [0.15, 0.2) is 0 Å². The molecule has 0 unspecified atom stereocenters. The van der Waals surface area contributed by atoms with Crippen molar-refractivity contribution in [1.82, 2.24) is 4.98 Å². The molecule has 104 valence electrons. The van der Waals surface area contributed by atoms with Gasteiger partial charge in [0, 0.05) is 11.6 Å². The van der Waals surface area contributed by atoms with Crippen molar-refractivity contribution in [2.75, 3.05) is 5.32 Å². The number of amides is 1. The van der Waals surface area contributed by atoms with E-state index < -0.39 is 0 Å². The molecule has 1 heterocycles. The molecular weight excluding hydrogens is 260 g/mol. The topological polar surface area (TPSA) is 42.0 Å². The zero-order chi connectivity index (χ0) is 14.7. The summed E-state index contributed by atoms with van der Waals surface area (Å²) in [6.45, 7) is 2.02. The minimum absolute atomic E-state index is 0.0133. The summed E-state index contributed by atoms with van der Waals surface area (Å²) in [6.07, 6.45) is 2.13. The van der Waals surface area contributed by atoms with Crippen LogP contribution in [0.25, 0.3) is 10.9 Å². The summed E-state index contributed by atoms with van der Waals surface area (Å²) in [5, 5.41) is 3.94. The van der Waals surface area contributed by atoms with Gasteiger partial charge in [-0.1, -0.05) is 30.3 Å². The Hall–Kier alpha value is -2.68. The van der Waals surface area contributed by atoms with Gasteiger partial charge in [-0.3, -0.25) is 9.78 Å². The molecule has 0 spiro atoms. The second-order valence-corrected chi connectivity index (χ2v) is 5.03. The number of anilines is 1. The Morgan fingerprint density at radius 3 is 2.76 bits per heavy atom. The first kappa shape index (κ1) is 13.3. The largest absolute Gasteiger partial charge is 0.325 e. The summed E-state index contributed by atoms with van der Waals surface area (Å²) in [7, 11) is 0. The van der Waals surface area contributed by atoms with Crippen molar-refractivity contribution in [1.29, 1.82) is 0 Å². The predicted octanol–water partition coefficient (Wildman–Crippen LogP) is 3.72. The second-order valence-electron chi connectivity index (χ2n) is 5.03. The van der Waals surface area contributed by atoms with E-state index in [1.54, 1.807) is 6.20 Å². The van der Waals surface area contributed by atoms with E-state index in [2.05, 4.69) is 10.3 Å². The minimum Gasteiger partial charge on any atom is -0.325 e. The molecule has 0 radical (unpaired) electrons. The lowest BCUT2D eigenvalue weighted by atomic mass is 10.1. The Kier molecular flexibility index (Phi) is 3.65. The number of nitrogens with zero attached hydrogens (tertiary/aromatic N) is 1. The van der Waals surface area contributed by atoms with E-state index in [1.807, 2.05) is 61.5 Å². The summed E-state index contributed by atoms with van der Waals surface area (Å²) < 4.78 is 0. The second kappa shape index (κ2) is 5.75. The van der Waals surface area contributed by atoms with Crippen LogP contribution in [0.2, 0.25) is 0 Å². The lowest BCUT2D eigenvalue weighted by molar-refractivity contribution is -0.115. The first-order valence-corrected chi connectivity index (χ1v) is 6.92. The van der Waals surface area contributed by atoms with E-state index in [1.165, 1.54) is 0 Å². The number of nitrogens with one attached hydrogen (secondary N) is 1. The van der Waals surface area contributed by atoms with E-state index in [4.69, 9.17) is 0 Å². The van der Waals surface area contributed by atoms with Gasteiger partial charge in [0.1, 0.15) is 0 Å². The fraction of sp³-hybridized carbons (Fsp3) is 0.111. The average Bonchev–Trinajstić information content (AvgIpc) is 2.50. The van der Waals surface area contributed by atoms with Crippen molar-refractivity contribution in [3.8, 4) is 0 Å². The van der Waals surface area contributed by atoms with Crippen molar-refractivity contribution < 1.29 is 4.79 Å². The molecule has 0 aliphatic rings. The number of carbonyl (C=O) groups excluding carboxylic acids is 1. The molecule has 0 saturated heterocycles. The third-order valence-corrected chi connectivity index (χ3v) is 3.53. The SMILES string of the molecule is Cc1ccccc1CC(=O)Nc1cccc2ncccc12. The standard InChI is InChI=1S/C18H16N2O/c1-13-6-2-3-7-14(13)12-18(21)20-17-10-4-9-16-15(17)8-5-11-19-16/h2-11H,12H2,1H3,(H,20,21). The quantitative estimate of drug-likeness (QED) is 0.792. The molecule has 1 aromatic heterocycles. The molecule has 0 bridgehead atoms. The molecule has 3 nitrogen and oxygen atoms in total. The molecule has 21 heavy (non-hydrogen) atoms. The molecular formula is C18H16N2O. The molecule has 2 aromatic carbocycles.